The number of carbonyl (C=O) groups is 2. The normalized spacial score (nSPS) is 16.2. The zero-order valence-electron chi connectivity index (χ0n) is 16.7. The van der Waals surface area contributed by atoms with Crippen LogP contribution in [0.25, 0.3) is 0 Å². The molecule has 1 fully saturated rings. The monoisotopic (exact) mass is 397 g/mol. The molecule has 0 bridgehead atoms. The van der Waals surface area contributed by atoms with Crippen molar-refractivity contribution in [2.24, 2.45) is 5.92 Å². The molecule has 0 aromatic heterocycles. The zero-order chi connectivity index (χ0) is 20.5. The van der Waals surface area contributed by atoms with E-state index in [9.17, 15) is 9.59 Å². The third-order valence-corrected chi connectivity index (χ3v) is 4.80. The van der Waals surface area contributed by atoms with Gasteiger partial charge in [0.05, 0.1) is 0 Å². The van der Waals surface area contributed by atoms with E-state index in [1.807, 2.05) is 30.3 Å². The van der Waals surface area contributed by atoms with Crippen molar-refractivity contribution in [1.82, 2.24) is 4.90 Å². The van der Waals surface area contributed by atoms with Crippen molar-refractivity contribution in [3.63, 3.8) is 0 Å². The number of nitrogens with zero attached hydrogens (tertiary/aromatic N) is 1. The molecule has 2 aromatic carbocycles. The van der Waals surface area contributed by atoms with Gasteiger partial charge in [0.25, 0.3) is 5.91 Å². The summed E-state index contributed by atoms with van der Waals surface area (Å²) >= 11 is 0. The minimum absolute atomic E-state index is 0.148. The summed E-state index contributed by atoms with van der Waals surface area (Å²) in [7, 11) is 0. The second-order valence-electron chi connectivity index (χ2n) is 7.28. The molecule has 29 heavy (non-hydrogen) atoms. The fourth-order valence-corrected chi connectivity index (χ4v) is 3.21. The molecular formula is C23H27NO5. The van der Waals surface area contributed by atoms with Crippen molar-refractivity contribution < 1.29 is 23.8 Å². The van der Waals surface area contributed by atoms with Gasteiger partial charge in [0.1, 0.15) is 18.1 Å². The van der Waals surface area contributed by atoms with Crippen LogP contribution in [0.2, 0.25) is 0 Å². The summed E-state index contributed by atoms with van der Waals surface area (Å²) in [5.41, 5.74) is 1.09. The van der Waals surface area contributed by atoms with Gasteiger partial charge < -0.3 is 19.1 Å². The molecule has 0 saturated carbocycles. The molecule has 1 heterocycles. The number of piperidine rings is 1. The number of hydrogen-bond acceptors (Lipinski definition) is 5. The Labute approximate surface area is 171 Å². The highest BCUT2D eigenvalue weighted by molar-refractivity contribution is 5.81. The Kier molecular flexibility index (Phi) is 7.50. The summed E-state index contributed by atoms with van der Waals surface area (Å²) in [4.78, 5) is 25.7. The van der Waals surface area contributed by atoms with Crippen LogP contribution < -0.4 is 9.47 Å². The van der Waals surface area contributed by atoms with E-state index in [2.05, 4.69) is 6.92 Å². The number of ether oxygens (including phenoxy) is 3. The van der Waals surface area contributed by atoms with Gasteiger partial charge in [-0.3, -0.25) is 4.79 Å². The quantitative estimate of drug-likeness (QED) is 0.639. The largest absolute Gasteiger partial charge is 0.489 e. The average molecular weight is 397 g/mol. The number of likely N-dealkylation sites (tertiary alicyclic amines) is 1. The lowest BCUT2D eigenvalue weighted by Gasteiger charge is -2.30. The Bertz CT molecular complexity index is 791. The fraction of sp³-hybridized carbons (Fsp3) is 0.391. The first-order valence-corrected chi connectivity index (χ1v) is 9.93. The standard InChI is InChI=1S/C23H27NO5/c1-18-6-5-13-24(14-18)22(25)16-29-23(26)17-28-21-11-9-20(10-12-21)27-15-19-7-3-2-4-8-19/h2-4,7-12,18H,5-6,13-17H2,1H3. The molecule has 1 saturated heterocycles. The molecule has 3 rings (SSSR count). The molecule has 0 radical (unpaired) electrons. The van der Waals surface area contributed by atoms with Crippen LogP contribution in [0.1, 0.15) is 25.3 Å². The first-order valence-electron chi connectivity index (χ1n) is 9.93. The van der Waals surface area contributed by atoms with E-state index < -0.39 is 5.97 Å². The van der Waals surface area contributed by atoms with Crippen LogP contribution >= 0.6 is 0 Å². The third-order valence-electron chi connectivity index (χ3n) is 4.80. The van der Waals surface area contributed by atoms with Crippen LogP contribution in [0, 0.1) is 5.92 Å². The van der Waals surface area contributed by atoms with E-state index >= 15 is 0 Å². The minimum Gasteiger partial charge on any atom is -0.489 e. The van der Waals surface area contributed by atoms with Crippen LogP contribution in [0.5, 0.6) is 11.5 Å². The molecule has 1 amide bonds. The van der Waals surface area contributed by atoms with Crippen LogP contribution in [0.15, 0.2) is 54.6 Å². The zero-order valence-corrected chi connectivity index (χ0v) is 16.7. The average Bonchev–Trinajstić information content (AvgIpc) is 2.76. The fourth-order valence-electron chi connectivity index (χ4n) is 3.21. The van der Waals surface area contributed by atoms with E-state index in [1.54, 1.807) is 29.2 Å². The van der Waals surface area contributed by atoms with Crippen molar-refractivity contribution in [3.05, 3.63) is 60.2 Å². The predicted molar refractivity (Wildman–Crippen MR) is 109 cm³/mol. The molecular weight excluding hydrogens is 370 g/mol. The van der Waals surface area contributed by atoms with Crippen LogP contribution in [-0.2, 0) is 20.9 Å². The number of benzene rings is 2. The molecule has 1 unspecified atom stereocenters. The second kappa shape index (κ2) is 10.5. The van der Waals surface area contributed by atoms with Gasteiger partial charge in [0.2, 0.25) is 0 Å². The van der Waals surface area contributed by atoms with Crippen LogP contribution in [-0.4, -0.2) is 43.1 Å². The predicted octanol–water partition coefficient (Wildman–Crippen LogP) is 3.45. The molecule has 154 valence electrons. The van der Waals surface area contributed by atoms with Gasteiger partial charge in [-0.2, -0.15) is 0 Å². The molecule has 1 aliphatic rings. The van der Waals surface area contributed by atoms with Crippen LogP contribution in [0.4, 0.5) is 0 Å². The molecule has 0 N–H and O–H groups in total. The summed E-state index contributed by atoms with van der Waals surface area (Å²) in [6.45, 7) is 3.59. The number of hydrogen-bond donors (Lipinski definition) is 0. The van der Waals surface area contributed by atoms with Crippen molar-refractivity contribution in [2.45, 2.75) is 26.4 Å². The highest BCUT2D eigenvalue weighted by Gasteiger charge is 2.21. The van der Waals surface area contributed by atoms with E-state index in [4.69, 9.17) is 14.2 Å². The Morgan fingerprint density at radius 1 is 0.966 bits per heavy atom. The Hall–Kier alpha value is -3.02. The Morgan fingerprint density at radius 3 is 2.34 bits per heavy atom. The van der Waals surface area contributed by atoms with Gasteiger partial charge in [-0.05, 0) is 48.6 Å². The van der Waals surface area contributed by atoms with E-state index in [1.165, 1.54) is 0 Å². The number of rotatable bonds is 8. The topological polar surface area (TPSA) is 65.1 Å². The maximum atomic E-state index is 12.1. The maximum absolute atomic E-state index is 12.1. The van der Waals surface area contributed by atoms with Crippen molar-refractivity contribution in [3.8, 4) is 11.5 Å². The minimum atomic E-state index is -0.562. The van der Waals surface area contributed by atoms with Crippen molar-refractivity contribution >= 4 is 11.9 Å². The van der Waals surface area contributed by atoms with Crippen LogP contribution in [0.3, 0.4) is 0 Å². The van der Waals surface area contributed by atoms with E-state index in [0.717, 1.165) is 31.5 Å². The van der Waals surface area contributed by atoms with Gasteiger partial charge in [-0.1, -0.05) is 37.3 Å². The van der Waals surface area contributed by atoms with Gasteiger partial charge in [0.15, 0.2) is 13.2 Å². The summed E-state index contributed by atoms with van der Waals surface area (Å²) < 4.78 is 16.2. The SMILES string of the molecule is CC1CCCN(C(=O)COC(=O)COc2ccc(OCc3ccccc3)cc2)C1. The highest BCUT2D eigenvalue weighted by Crippen LogP contribution is 2.19. The lowest BCUT2D eigenvalue weighted by atomic mass is 10.0. The number of amides is 1. The molecule has 2 aromatic rings. The van der Waals surface area contributed by atoms with Gasteiger partial charge in [0, 0.05) is 13.1 Å². The summed E-state index contributed by atoms with van der Waals surface area (Å²) in [6.07, 6.45) is 2.13. The lowest BCUT2D eigenvalue weighted by molar-refractivity contribution is -0.154. The highest BCUT2D eigenvalue weighted by atomic mass is 16.6. The smallest absolute Gasteiger partial charge is 0.344 e. The second-order valence-corrected chi connectivity index (χ2v) is 7.28. The van der Waals surface area contributed by atoms with E-state index in [-0.39, 0.29) is 19.1 Å². The third kappa shape index (κ3) is 6.82. The first-order chi connectivity index (χ1) is 14.1. The summed E-state index contributed by atoms with van der Waals surface area (Å²) in [5, 5.41) is 0. The number of carbonyl (C=O) groups excluding carboxylic acids is 2. The van der Waals surface area contributed by atoms with Gasteiger partial charge >= 0.3 is 5.97 Å². The maximum Gasteiger partial charge on any atom is 0.344 e. The van der Waals surface area contributed by atoms with Crippen molar-refractivity contribution in [2.75, 3.05) is 26.3 Å². The molecule has 1 aliphatic heterocycles. The first kappa shape index (κ1) is 20.7. The van der Waals surface area contributed by atoms with Gasteiger partial charge in [-0.25, -0.2) is 4.79 Å². The molecule has 0 aliphatic carbocycles. The van der Waals surface area contributed by atoms with Gasteiger partial charge in [-0.15, -0.1) is 0 Å². The molecule has 0 spiro atoms. The Balaban J connectivity index is 1.36. The summed E-state index contributed by atoms with van der Waals surface area (Å²) in [6, 6.07) is 16.9. The molecule has 6 heteroatoms. The van der Waals surface area contributed by atoms with E-state index in [0.29, 0.717) is 24.0 Å². The number of esters is 1. The lowest BCUT2D eigenvalue weighted by Crippen LogP contribution is -2.41. The molecule has 1 atom stereocenters. The summed E-state index contributed by atoms with van der Waals surface area (Å²) in [5.74, 6) is 1.03. The van der Waals surface area contributed by atoms with Crippen molar-refractivity contribution in [1.29, 1.82) is 0 Å². The molecule has 6 nitrogen and oxygen atoms in total. The Morgan fingerprint density at radius 2 is 1.66 bits per heavy atom.